The molecule has 20 heavy (non-hydrogen) atoms. The fourth-order valence-electron chi connectivity index (χ4n) is 1.90. The van der Waals surface area contributed by atoms with Crippen LogP contribution in [0.2, 0.25) is 0 Å². The maximum atomic E-state index is 13.1. The zero-order valence-corrected chi connectivity index (χ0v) is 11.2. The molecular weight excluding hydrogens is 292 g/mol. The number of benzene rings is 1. The Morgan fingerprint density at radius 1 is 1.35 bits per heavy atom. The summed E-state index contributed by atoms with van der Waals surface area (Å²) in [5.74, 6) is -3.55. The fraction of sp³-hybridized carbons (Fsp3) is 0.417. The fourth-order valence-corrected chi connectivity index (χ4v) is 3.22. The van der Waals surface area contributed by atoms with Gasteiger partial charge in [0.1, 0.15) is 0 Å². The number of hydrogen-bond acceptors (Lipinski definition) is 3. The van der Waals surface area contributed by atoms with Gasteiger partial charge in [-0.3, -0.25) is 4.79 Å². The lowest BCUT2D eigenvalue weighted by molar-refractivity contribution is -0.137. The lowest BCUT2D eigenvalue weighted by atomic mass is 10.1. The summed E-state index contributed by atoms with van der Waals surface area (Å²) in [5.41, 5.74) is 0. The molecule has 0 heterocycles. The summed E-state index contributed by atoms with van der Waals surface area (Å²) in [7, 11) is -4.07. The zero-order valence-electron chi connectivity index (χ0n) is 10.3. The van der Waals surface area contributed by atoms with Gasteiger partial charge in [0, 0.05) is 6.04 Å². The molecule has 2 rings (SSSR count). The van der Waals surface area contributed by atoms with E-state index in [1.54, 1.807) is 0 Å². The van der Waals surface area contributed by atoms with Crippen molar-refractivity contribution in [2.75, 3.05) is 0 Å². The highest BCUT2D eigenvalue weighted by Crippen LogP contribution is 2.34. The van der Waals surface area contributed by atoms with E-state index in [-0.39, 0.29) is 12.3 Å². The van der Waals surface area contributed by atoms with Crippen molar-refractivity contribution in [1.82, 2.24) is 4.72 Å². The van der Waals surface area contributed by atoms with Gasteiger partial charge in [-0.1, -0.05) is 0 Å². The third kappa shape index (κ3) is 3.51. The first-order valence-corrected chi connectivity index (χ1v) is 7.47. The average molecular weight is 305 g/mol. The number of carboxylic acid groups (broad SMARTS) is 1. The molecule has 0 saturated heterocycles. The minimum absolute atomic E-state index is 0.0221. The highest BCUT2D eigenvalue weighted by molar-refractivity contribution is 7.89. The van der Waals surface area contributed by atoms with Gasteiger partial charge in [0.2, 0.25) is 10.0 Å². The van der Waals surface area contributed by atoms with E-state index in [2.05, 4.69) is 4.72 Å². The van der Waals surface area contributed by atoms with Crippen LogP contribution in [0.4, 0.5) is 8.78 Å². The van der Waals surface area contributed by atoms with E-state index in [4.69, 9.17) is 5.11 Å². The molecule has 0 amide bonds. The summed E-state index contributed by atoms with van der Waals surface area (Å²) in [5, 5.41) is 8.76. The summed E-state index contributed by atoms with van der Waals surface area (Å²) in [6.45, 7) is 0. The van der Waals surface area contributed by atoms with E-state index in [1.807, 2.05) is 0 Å². The van der Waals surface area contributed by atoms with Crippen molar-refractivity contribution in [3.05, 3.63) is 29.8 Å². The summed E-state index contributed by atoms with van der Waals surface area (Å²) in [6, 6.07) is 1.49. The Balaban J connectivity index is 2.20. The summed E-state index contributed by atoms with van der Waals surface area (Å²) in [6.07, 6.45) is 1.16. The molecule has 1 atom stereocenters. The predicted molar refractivity (Wildman–Crippen MR) is 65.4 cm³/mol. The Labute approximate surface area is 114 Å². The number of halogens is 2. The average Bonchev–Trinajstić information content (AvgIpc) is 3.14. The monoisotopic (exact) mass is 305 g/mol. The molecule has 0 aromatic heterocycles. The predicted octanol–water partition coefficient (Wildman–Crippen LogP) is 1.50. The molecule has 0 radical (unpaired) electrons. The standard InChI is InChI=1S/C12H13F2NO4S/c13-9-4-3-8(5-10(9)14)20(18,19)15-11(6-12(16)17)7-1-2-7/h3-5,7,11,15H,1-2,6H2,(H,16,17). The lowest BCUT2D eigenvalue weighted by Crippen LogP contribution is -2.38. The topological polar surface area (TPSA) is 83.5 Å². The molecule has 1 fully saturated rings. The molecule has 0 aliphatic heterocycles. The van der Waals surface area contributed by atoms with Crippen LogP contribution in [0.25, 0.3) is 0 Å². The quantitative estimate of drug-likeness (QED) is 0.834. The number of carboxylic acids is 1. The van der Waals surface area contributed by atoms with Crippen LogP contribution in [-0.4, -0.2) is 25.5 Å². The second kappa shape index (κ2) is 5.45. The van der Waals surface area contributed by atoms with Gasteiger partial charge < -0.3 is 5.11 Å². The molecule has 1 aromatic carbocycles. The summed E-state index contributed by atoms with van der Waals surface area (Å²) >= 11 is 0. The molecule has 0 spiro atoms. The van der Waals surface area contributed by atoms with Gasteiger partial charge in [-0.2, -0.15) is 0 Å². The first kappa shape index (κ1) is 14.9. The number of nitrogens with one attached hydrogen (secondary N) is 1. The smallest absolute Gasteiger partial charge is 0.304 e. The Bertz CT molecular complexity index is 628. The molecule has 1 saturated carbocycles. The van der Waals surface area contributed by atoms with E-state index in [0.717, 1.165) is 18.9 Å². The van der Waals surface area contributed by atoms with Crippen molar-refractivity contribution in [2.45, 2.75) is 30.2 Å². The van der Waals surface area contributed by atoms with Crippen LogP contribution in [0.15, 0.2) is 23.1 Å². The maximum absolute atomic E-state index is 13.1. The van der Waals surface area contributed by atoms with Gasteiger partial charge in [0.25, 0.3) is 0 Å². The highest BCUT2D eigenvalue weighted by atomic mass is 32.2. The second-order valence-electron chi connectivity index (χ2n) is 4.74. The van der Waals surface area contributed by atoms with Gasteiger partial charge >= 0.3 is 5.97 Å². The second-order valence-corrected chi connectivity index (χ2v) is 6.45. The van der Waals surface area contributed by atoms with Crippen molar-refractivity contribution in [1.29, 1.82) is 0 Å². The van der Waals surface area contributed by atoms with E-state index in [9.17, 15) is 22.0 Å². The van der Waals surface area contributed by atoms with E-state index in [0.29, 0.717) is 12.1 Å². The van der Waals surface area contributed by atoms with E-state index < -0.39 is 38.6 Å². The number of rotatable bonds is 6. The van der Waals surface area contributed by atoms with Crippen LogP contribution in [-0.2, 0) is 14.8 Å². The Hall–Kier alpha value is -1.54. The van der Waals surface area contributed by atoms with E-state index >= 15 is 0 Å². The van der Waals surface area contributed by atoms with Crippen LogP contribution in [0, 0.1) is 17.6 Å². The SMILES string of the molecule is O=C(O)CC(NS(=O)(=O)c1ccc(F)c(F)c1)C1CC1. The molecule has 2 N–H and O–H groups in total. The van der Waals surface area contributed by atoms with Crippen molar-refractivity contribution >= 4 is 16.0 Å². The number of aliphatic carboxylic acids is 1. The Kier molecular flexibility index (Phi) is 4.05. The van der Waals surface area contributed by atoms with Crippen LogP contribution in [0.1, 0.15) is 19.3 Å². The van der Waals surface area contributed by atoms with Gasteiger partial charge in [-0.05, 0) is 37.0 Å². The Morgan fingerprint density at radius 2 is 2.00 bits per heavy atom. The molecule has 5 nitrogen and oxygen atoms in total. The van der Waals surface area contributed by atoms with Crippen LogP contribution < -0.4 is 4.72 Å². The van der Waals surface area contributed by atoms with Gasteiger partial charge in [-0.15, -0.1) is 0 Å². The zero-order chi connectivity index (χ0) is 14.9. The van der Waals surface area contributed by atoms with Crippen LogP contribution in [0.3, 0.4) is 0 Å². The molecule has 8 heteroatoms. The van der Waals surface area contributed by atoms with E-state index in [1.165, 1.54) is 0 Å². The van der Waals surface area contributed by atoms with Gasteiger partial charge in [0.15, 0.2) is 11.6 Å². The summed E-state index contributed by atoms with van der Waals surface area (Å²) < 4.78 is 52.2. The molecular formula is C12H13F2NO4S. The van der Waals surface area contributed by atoms with Crippen LogP contribution in [0.5, 0.6) is 0 Å². The molecule has 1 aromatic rings. The molecule has 1 aliphatic rings. The normalized spacial score (nSPS) is 16.9. The largest absolute Gasteiger partial charge is 0.481 e. The maximum Gasteiger partial charge on any atom is 0.304 e. The minimum atomic E-state index is -4.07. The minimum Gasteiger partial charge on any atom is -0.481 e. The van der Waals surface area contributed by atoms with Crippen molar-refractivity contribution in [2.24, 2.45) is 5.92 Å². The first-order valence-electron chi connectivity index (χ1n) is 5.99. The number of carbonyl (C=O) groups is 1. The van der Waals surface area contributed by atoms with Gasteiger partial charge in [0.05, 0.1) is 11.3 Å². The molecule has 1 unspecified atom stereocenters. The molecule has 110 valence electrons. The first-order chi connectivity index (χ1) is 9.29. The molecule has 0 bridgehead atoms. The van der Waals surface area contributed by atoms with Crippen molar-refractivity contribution < 1.29 is 27.1 Å². The highest BCUT2D eigenvalue weighted by Gasteiger charge is 2.35. The number of hydrogen-bond donors (Lipinski definition) is 2. The molecule has 1 aliphatic carbocycles. The Morgan fingerprint density at radius 3 is 2.50 bits per heavy atom. The van der Waals surface area contributed by atoms with Gasteiger partial charge in [-0.25, -0.2) is 21.9 Å². The third-order valence-corrected chi connectivity index (χ3v) is 4.58. The lowest BCUT2D eigenvalue weighted by Gasteiger charge is -2.16. The number of sulfonamides is 1. The van der Waals surface area contributed by atoms with Crippen LogP contribution >= 0.6 is 0 Å². The summed E-state index contributed by atoms with van der Waals surface area (Å²) in [4.78, 5) is 10.3. The van der Waals surface area contributed by atoms with Crippen molar-refractivity contribution in [3.8, 4) is 0 Å². The third-order valence-electron chi connectivity index (χ3n) is 3.09. The van der Waals surface area contributed by atoms with Crippen molar-refractivity contribution in [3.63, 3.8) is 0 Å².